The van der Waals surface area contributed by atoms with Crippen LogP contribution in [-0.2, 0) is 4.74 Å². The first-order valence-corrected chi connectivity index (χ1v) is 13.6. The summed E-state index contributed by atoms with van der Waals surface area (Å²) in [5.74, 6) is 0.649. The van der Waals surface area contributed by atoms with Gasteiger partial charge in [-0.2, -0.15) is 5.10 Å². The summed E-state index contributed by atoms with van der Waals surface area (Å²) in [6, 6.07) is 8.51. The number of nitro groups is 3. The number of nitrogens with zero attached hydrogens (tertiary/aromatic N) is 8. The van der Waals surface area contributed by atoms with Crippen molar-refractivity contribution in [2.75, 3.05) is 72.9 Å². The number of likely N-dealkylation sites (N-methyl/N-ethyl adjacent to an activating group) is 2. The molecule has 44 heavy (non-hydrogen) atoms. The fourth-order valence-electron chi connectivity index (χ4n) is 3.61. The van der Waals surface area contributed by atoms with E-state index in [9.17, 15) is 30.3 Å². The smallest absolute Gasteiger partial charge is 0.270 e. The van der Waals surface area contributed by atoms with E-state index in [1.807, 2.05) is 33.1 Å². The van der Waals surface area contributed by atoms with Crippen molar-refractivity contribution in [2.45, 2.75) is 12.8 Å². The molecular weight excluding hydrogens is 578 g/mol. The number of benzene rings is 2. The highest BCUT2D eigenvalue weighted by Crippen LogP contribution is 2.25. The van der Waals surface area contributed by atoms with Crippen molar-refractivity contribution >= 4 is 39.0 Å². The summed E-state index contributed by atoms with van der Waals surface area (Å²) in [5.41, 5.74) is 6.27. The Morgan fingerprint density at radius 2 is 1.57 bits per heavy atom. The van der Waals surface area contributed by atoms with Crippen LogP contribution in [0.1, 0.15) is 12.8 Å². The number of non-ortho nitro benzene ring substituents is 2. The van der Waals surface area contributed by atoms with Gasteiger partial charge in [-0.15, -0.1) is 0 Å². The van der Waals surface area contributed by atoms with Crippen LogP contribution in [0.25, 0.3) is 21.8 Å². The van der Waals surface area contributed by atoms with Gasteiger partial charge in [-0.25, -0.2) is 0 Å². The highest BCUT2D eigenvalue weighted by Gasteiger charge is 2.14. The Hall–Kier alpha value is -4.78. The van der Waals surface area contributed by atoms with E-state index in [4.69, 9.17) is 10.5 Å². The van der Waals surface area contributed by atoms with Crippen LogP contribution in [0.4, 0.5) is 17.2 Å². The van der Waals surface area contributed by atoms with Crippen molar-refractivity contribution in [2.24, 2.45) is 5.73 Å². The maximum absolute atomic E-state index is 10.7. The van der Waals surface area contributed by atoms with Crippen molar-refractivity contribution in [1.82, 2.24) is 29.9 Å². The first-order valence-electron chi connectivity index (χ1n) is 13.6. The molecule has 1 fully saturated rings. The number of aromatic amines is 1. The zero-order chi connectivity index (χ0) is 32.6. The third-order valence-electron chi connectivity index (χ3n) is 5.87. The number of hydrogen-bond donors (Lipinski definition) is 3. The predicted molar refractivity (Wildman–Crippen MR) is 166 cm³/mol. The number of rotatable bonds is 9. The van der Waals surface area contributed by atoms with Crippen molar-refractivity contribution < 1.29 is 19.6 Å². The van der Waals surface area contributed by atoms with Gasteiger partial charge in [0.1, 0.15) is 6.20 Å². The highest BCUT2D eigenvalue weighted by atomic mass is 16.7. The van der Waals surface area contributed by atoms with Gasteiger partial charge in [0, 0.05) is 68.4 Å². The van der Waals surface area contributed by atoms with E-state index >= 15 is 0 Å². The molecule has 0 unspecified atom stereocenters. The SMILES string of the molecule is C1CCOC1.CN(C)CCN.CN(C)CCNc1n[nH]c2ccc([N+](=O)[O-])cc12.O=[N+]([O-])c1ccc2nn([N+](=O)[O-])cc2c1. The number of fused-ring (bicyclic) bond motifs is 2. The molecule has 240 valence electrons. The summed E-state index contributed by atoms with van der Waals surface area (Å²) in [4.78, 5) is 35.2. The second-order valence-electron chi connectivity index (χ2n) is 9.99. The third kappa shape index (κ3) is 11.8. The highest BCUT2D eigenvalue weighted by molar-refractivity contribution is 5.91. The lowest BCUT2D eigenvalue weighted by Crippen LogP contribution is -2.20. The minimum atomic E-state index is -0.716. The van der Waals surface area contributed by atoms with Crippen LogP contribution in [0.5, 0.6) is 0 Å². The van der Waals surface area contributed by atoms with Gasteiger partial charge in [-0.3, -0.25) is 25.3 Å². The van der Waals surface area contributed by atoms with Crippen LogP contribution in [0.3, 0.4) is 0 Å². The van der Waals surface area contributed by atoms with E-state index in [0.717, 1.165) is 56.5 Å². The Labute approximate surface area is 253 Å². The van der Waals surface area contributed by atoms with E-state index in [0.29, 0.717) is 21.5 Å². The topological polar surface area (TPSA) is 230 Å². The van der Waals surface area contributed by atoms with Crippen LogP contribution in [0, 0.1) is 30.3 Å². The lowest BCUT2D eigenvalue weighted by atomic mass is 10.2. The molecule has 3 heterocycles. The maximum atomic E-state index is 10.7. The molecular formula is C26H39N11O7. The zero-order valence-corrected chi connectivity index (χ0v) is 25.2. The van der Waals surface area contributed by atoms with Crippen molar-refractivity contribution in [3.8, 4) is 0 Å². The largest absolute Gasteiger partial charge is 0.381 e. The van der Waals surface area contributed by atoms with Crippen molar-refractivity contribution in [1.29, 1.82) is 0 Å². The number of anilines is 1. The van der Waals surface area contributed by atoms with Crippen LogP contribution >= 0.6 is 0 Å². The first kappa shape index (κ1) is 35.4. The number of hydrogen-bond acceptors (Lipinski definition) is 13. The molecule has 0 aliphatic carbocycles. The second kappa shape index (κ2) is 18.0. The normalized spacial score (nSPS) is 12.2. The summed E-state index contributed by atoms with van der Waals surface area (Å²) < 4.78 is 4.94. The number of nitrogens with one attached hydrogen (secondary N) is 2. The summed E-state index contributed by atoms with van der Waals surface area (Å²) in [6.07, 6.45) is 3.68. The molecule has 18 nitrogen and oxygen atoms in total. The van der Waals surface area contributed by atoms with Gasteiger partial charge >= 0.3 is 0 Å². The van der Waals surface area contributed by atoms with E-state index in [1.165, 1.54) is 43.2 Å². The van der Waals surface area contributed by atoms with Gasteiger partial charge in [0.05, 0.1) is 36.3 Å². The van der Waals surface area contributed by atoms with Gasteiger partial charge in [0.15, 0.2) is 5.82 Å². The molecule has 0 radical (unpaired) electrons. The average Bonchev–Trinajstić information content (AvgIpc) is 3.75. The molecule has 5 rings (SSSR count). The number of nitrogens with two attached hydrogens (primary N) is 1. The monoisotopic (exact) mass is 617 g/mol. The first-order chi connectivity index (χ1) is 20.9. The van der Waals surface area contributed by atoms with Crippen LogP contribution in [0.2, 0.25) is 0 Å². The Kier molecular flexibility index (Phi) is 14.5. The van der Waals surface area contributed by atoms with E-state index in [1.54, 1.807) is 6.07 Å². The maximum Gasteiger partial charge on any atom is 0.270 e. The number of H-pyrrole nitrogens is 1. The average molecular weight is 618 g/mol. The Bertz CT molecular complexity index is 1480. The number of aromatic nitrogens is 4. The van der Waals surface area contributed by atoms with Crippen LogP contribution in [0.15, 0.2) is 42.6 Å². The molecule has 4 N–H and O–H groups in total. The van der Waals surface area contributed by atoms with Gasteiger partial charge < -0.3 is 35.7 Å². The Morgan fingerprint density at radius 3 is 2.07 bits per heavy atom. The van der Waals surface area contributed by atoms with Gasteiger partial charge in [0.25, 0.3) is 11.4 Å². The summed E-state index contributed by atoms with van der Waals surface area (Å²) in [5, 5.41) is 45.6. The van der Waals surface area contributed by atoms with Crippen LogP contribution in [-0.4, -0.2) is 112 Å². The molecule has 1 saturated heterocycles. The molecule has 0 saturated carbocycles. The molecule has 2 aromatic carbocycles. The molecule has 0 spiro atoms. The number of nitro benzene ring substituents is 2. The molecule has 0 amide bonds. The molecule has 2 aromatic heterocycles. The molecule has 18 heteroatoms. The second-order valence-corrected chi connectivity index (χ2v) is 9.99. The quantitative estimate of drug-likeness (QED) is 0.181. The van der Waals surface area contributed by atoms with Gasteiger partial charge in [-0.05, 0) is 53.2 Å². The molecule has 1 aliphatic heterocycles. The fraction of sp³-hybridized carbons (Fsp3) is 0.462. The number of ether oxygens (including phenoxy) is 1. The molecule has 0 atom stereocenters. The minimum absolute atomic E-state index is 0.0690. The van der Waals surface area contributed by atoms with Crippen molar-refractivity contribution in [3.63, 3.8) is 0 Å². The standard InChI is InChI=1S/C11H15N5O2.C7H4N4O4.C4H12N2.C4H8O/c1-15(2)6-5-12-11-9-7-8(16(17)18)3-4-10(9)13-14-11;12-10(13)6-1-2-7-5(3-6)4-9(8-7)11(14)15;1-6(2)4-3-5;1-2-4-5-3-1/h3-4,7H,5-6H2,1-2H3,(H2,12,13,14);1-4H;3-5H2,1-2H3;1-4H2. The minimum Gasteiger partial charge on any atom is -0.381 e. The van der Waals surface area contributed by atoms with Gasteiger partial charge in [-0.1, -0.05) is 0 Å². The summed E-state index contributed by atoms with van der Waals surface area (Å²) in [7, 11) is 7.98. The molecule has 4 aromatic rings. The van der Waals surface area contributed by atoms with Crippen molar-refractivity contribution in [3.05, 3.63) is 72.9 Å². The summed E-state index contributed by atoms with van der Waals surface area (Å²) in [6.45, 7) is 5.34. The van der Waals surface area contributed by atoms with Gasteiger partial charge in [0.2, 0.25) is 5.52 Å². The lowest BCUT2D eigenvalue weighted by molar-refractivity contribution is -0.552. The molecule has 0 bridgehead atoms. The predicted octanol–water partition coefficient (Wildman–Crippen LogP) is 2.73. The van der Waals surface area contributed by atoms with E-state index < -0.39 is 14.9 Å². The third-order valence-corrected chi connectivity index (χ3v) is 5.87. The Balaban J connectivity index is 0.000000231. The zero-order valence-electron chi connectivity index (χ0n) is 25.2. The summed E-state index contributed by atoms with van der Waals surface area (Å²) >= 11 is 0. The van der Waals surface area contributed by atoms with Crippen LogP contribution < -0.4 is 11.1 Å². The fourth-order valence-corrected chi connectivity index (χ4v) is 3.61. The molecule has 1 aliphatic rings. The van der Waals surface area contributed by atoms with E-state index in [-0.39, 0.29) is 11.4 Å². The Morgan fingerprint density at radius 1 is 0.955 bits per heavy atom. The van der Waals surface area contributed by atoms with E-state index in [2.05, 4.69) is 25.5 Å². The lowest BCUT2D eigenvalue weighted by Gasteiger charge is -2.09.